The molecule has 0 radical (unpaired) electrons. The Balaban J connectivity index is 1.67. The van der Waals surface area contributed by atoms with Crippen molar-refractivity contribution in [3.8, 4) is 6.07 Å². The molecule has 0 heterocycles. The van der Waals surface area contributed by atoms with Crippen LogP contribution in [0.5, 0.6) is 0 Å². The Bertz CT molecular complexity index is 476. The van der Waals surface area contributed by atoms with Gasteiger partial charge >= 0.3 is 0 Å². The third-order valence-corrected chi connectivity index (χ3v) is 5.41. The molecule has 0 spiro atoms. The molecule has 3 rings (SSSR count). The van der Waals surface area contributed by atoms with Gasteiger partial charge in [0.05, 0.1) is 12.5 Å². The quantitative estimate of drug-likeness (QED) is 0.806. The number of nitriles is 1. The zero-order valence-corrected chi connectivity index (χ0v) is 12.3. The molecule has 0 N–H and O–H groups in total. The molecule has 1 aromatic carbocycles. The molecule has 2 aliphatic carbocycles. The number of hydrogen-bond acceptors (Lipinski definition) is 2. The van der Waals surface area contributed by atoms with Gasteiger partial charge in [0, 0.05) is 12.6 Å². The van der Waals surface area contributed by atoms with E-state index < -0.39 is 0 Å². The van der Waals surface area contributed by atoms with Gasteiger partial charge in [-0.25, -0.2) is 0 Å². The number of nitrogens with zero attached hydrogens (tertiary/aromatic N) is 2. The maximum Gasteiger partial charge on any atom is 0.0641 e. The Morgan fingerprint density at radius 3 is 2.65 bits per heavy atom. The van der Waals surface area contributed by atoms with Crippen molar-refractivity contribution >= 4 is 0 Å². The first-order valence-electron chi connectivity index (χ1n) is 7.90. The maximum atomic E-state index is 9.14. The summed E-state index contributed by atoms with van der Waals surface area (Å²) >= 11 is 0. The highest BCUT2D eigenvalue weighted by atomic mass is 15.1. The highest BCUT2D eigenvalue weighted by Crippen LogP contribution is 2.48. The first-order valence-corrected chi connectivity index (χ1v) is 7.90. The van der Waals surface area contributed by atoms with Crippen LogP contribution in [0.4, 0.5) is 0 Å². The third-order valence-electron chi connectivity index (χ3n) is 5.41. The van der Waals surface area contributed by atoms with Gasteiger partial charge in [-0.1, -0.05) is 36.8 Å². The fourth-order valence-electron chi connectivity index (χ4n) is 4.39. The first-order chi connectivity index (χ1) is 9.78. The van der Waals surface area contributed by atoms with E-state index in [0.29, 0.717) is 6.42 Å². The van der Waals surface area contributed by atoms with Gasteiger partial charge in [0.2, 0.25) is 0 Å². The van der Waals surface area contributed by atoms with Gasteiger partial charge in [-0.3, -0.25) is 4.90 Å². The maximum absolute atomic E-state index is 9.14. The van der Waals surface area contributed by atoms with Crippen molar-refractivity contribution in [2.24, 2.45) is 17.8 Å². The highest BCUT2D eigenvalue weighted by molar-refractivity contribution is 5.20. The average Bonchev–Trinajstić information content (AvgIpc) is 3.08. The first kappa shape index (κ1) is 13.6. The Morgan fingerprint density at radius 1 is 1.25 bits per heavy atom. The van der Waals surface area contributed by atoms with Crippen molar-refractivity contribution in [2.45, 2.75) is 38.1 Å². The summed E-state index contributed by atoms with van der Waals surface area (Å²) in [6, 6.07) is 13.1. The summed E-state index contributed by atoms with van der Waals surface area (Å²) in [7, 11) is 2.20. The highest BCUT2D eigenvalue weighted by Gasteiger charge is 2.40. The average molecular weight is 268 g/mol. The second-order valence-electron chi connectivity index (χ2n) is 6.66. The van der Waals surface area contributed by atoms with Crippen LogP contribution in [-0.4, -0.2) is 18.5 Å². The van der Waals surface area contributed by atoms with E-state index in [1.54, 1.807) is 0 Å². The molecule has 4 atom stereocenters. The van der Waals surface area contributed by atoms with Crippen molar-refractivity contribution in [1.29, 1.82) is 5.26 Å². The van der Waals surface area contributed by atoms with Crippen LogP contribution in [0.25, 0.3) is 0 Å². The molecule has 2 aliphatic rings. The molecule has 2 saturated carbocycles. The zero-order valence-electron chi connectivity index (χ0n) is 12.3. The van der Waals surface area contributed by atoms with E-state index in [1.165, 1.54) is 31.2 Å². The third kappa shape index (κ3) is 2.74. The molecular weight excluding hydrogens is 244 g/mol. The predicted molar refractivity (Wildman–Crippen MR) is 81.0 cm³/mol. The minimum atomic E-state index is 0.250. The number of benzene rings is 1. The monoisotopic (exact) mass is 268 g/mol. The summed E-state index contributed by atoms with van der Waals surface area (Å²) in [6.45, 7) is 1.16. The van der Waals surface area contributed by atoms with Crippen LogP contribution in [0.3, 0.4) is 0 Å². The minimum absolute atomic E-state index is 0.250. The van der Waals surface area contributed by atoms with E-state index in [0.717, 1.165) is 24.3 Å². The lowest BCUT2D eigenvalue weighted by Crippen LogP contribution is -2.32. The SMILES string of the molecule is CN(CC1CC2CCC1C2)C(CC#N)c1ccccc1. The summed E-state index contributed by atoms with van der Waals surface area (Å²) in [5, 5.41) is 9.14. The lowest BCUT2D eigenvalue weighted by Gasteiger charge is -2.32. The number of fused-ring (bicyclic) bond motifs is 2. The Hall–Kier alpha value is -1.33. The number of hydrogen-bond donors (Lipinski definition) is 0. The van der Waals surface area contributed by atoms with Gasteiger partial charge < -0.3 is 0 Å². The second-order valence-corrected chi connectivity index (χ2v) is 6.66. The summed E-state index contributed by atoms with van der Waals surface area (Å²) < 4.78 is 0. The van der Waals surface area contributed by atoms with Gasteiger partial charge in [-0.05, 0) is 49.6 Å². The van der Waals surface area contributed by atoms with E-state index in [1.807, 2.05) is 6.07 Å². The molecule has 2 fully saturated rings. The minimum Gasteiger partial charge on any atom is -0.298 e. The number of rotatable bonds is 5. The molecule has 20 heavy (non-hydrogen) atoms. The van der Waals surface area contributed by atoms with Gasteiger partial charge in [0.25, 0.3) is 0 Å². The predicted octanol–water partition coefficient (Wildman–Crippen LogP) is 4.01. The molecule has 2 nitrogen and oxygen atoms in total. The van der Waals surface area contributed by atoms with E-state index in [-0.39, 0.29) is 6.04 Å². The molecule has 0 aliphatic heterocycles. The summed E-state index contributed by atoms with van der Waals surface area (Å²) in [5.74, 6) is 2.83. The molecule has 2 bridgehead atoms. The molecule has 2 heteroatoms. The van der Waals surface area contributed by atoms with Crippen molar-refractivity contribution < 1.29 is 0 Å². The molecule has 0 saturated heterocycles. The smallest absolute Gasteiger partial charge is 0.0641 e. The fourth-order valence-corrected chi connectivity index (χ4v) is 4.39. The van der Waals surface area contributed by atoms with E-state index in [2.05, 4.69) is 42.3 Å². The fraction of sp³-hybridized carbons (Fsp3) is 0.611. The van der Waals surface area contributed by atoms with Crippen LogP contribution in [0, 0.1) is 29.1 Å². The van der Waals surface area contributed by atoms with Crippen LogP contribution < -0.4 is 0 Å². The summed E-state index contributed by atoms with van der Waals surface area (Å²) in [4.78, 5) is 2.42. The van der Waals surface area contributed by atoms with Crippen molar-refractivity contribution in [2.75, 3.05) is 13.6 Å². The van der Waals surface area contributed by atoms with Crippen LogP contribution in [-0.2, 0) is 0 Å². The standard InChI is InChI=1S/C18H24N2/c1-20(13-17-12-14-7-8-16(17)11-14)18(9-10-19)15-5-3-2-4-6-15/h2-6,14,16-18H,7-9,11-13H2,1H3. The van der Waals surface area contributed by atoms with E-state index in [9.17, 15) is 0 Å². The summed E-state index contributed by atoms with van der Waals surface area (Å²) in [5.41, 5.74) is 1.28. The molecule has 0 amide bonds. The lowest BCUT2D eigenvalue weighted by molar-refractivity contribution is 0.174. The van der Waals surface area contributed by atoms with E-state index in [4.69, 9.17) is 5.26 Å². The molecule has 106 valence electrons. The molecule has 4 unspecified atom stereocenters. The van der Waals surface area contributed by atoms with Gasteiger partial charge in [0.1, 0.15) is 0 Å². The van der Waals surface area contributed by atoms with Gasteiger partial charge in [-0.2, -0.15) is 5.26 Å². The Labute approximate surface area is 122 Å². The Kier molecular flexibility index (Phi) is 4.08. The van der Waals surface area contributed by atoms with Crippen LogP contribution in [0.15, 0.2) is 30.3 Å². The van der Waals surface area contributed by atoms with Crippen LogP contribution in [0.1, 0.15) is 43.7 Å². The van der Waals surface area contributed by atoms with Crippen LogP contribution >= 0.6 is 0 Å². The van der Waals surface area contributed by atoms with Crippen LogP contribution in [0.2, 0.25) is 0 Å². The molecule has 1 aromatic rings. The van der Waals surface area contributed by atoms with Crippen molar-refractivity contribution in [3.63, 3.8) is 0 Å². The second kappa shape index (κ2) is 5.97. The van der Waals surface area contributed by atoms with E-state index >= 15 is 0 Å². The normalized spacial score (nSPS) is 29.6. The molecule has 0 aromatic heterocycles. The largest absolute Gasteiger partial charge is 0.298 e. The van der Waals surface area contributed by atoms with Gasteiger partial charge in [-0.15, -0.1) is 0 Å². The topological polar surface area (TPSA) is 27.0 Å². The summed E-state index contributed by atoms with van der Waals surface area (Å²) in [6.07, 6.45) is 6.37. The van der Waals surface area contributed by atoms with Gasteiger partial charge in [0.15, 0.2) is 0 Å². The van der Waals surface area contributed by atoms with Crippen molar-refractivity contribution in [3.05, 3.63) is 35.9 Å². The zero-order chi connectivity index (χ0) is 13.9. The Morgan fingerprint density at radius 2 is 2.05 bits per heavy atom. The van der Waals surface area contributed by atoms with Crippen molar-refractivity contribution in [1.82, 2.24) is 4.90 Å². The lowest BCUT2D eigenvalue weighted by atomic mass is 9.88. The molecular formula is C18H24N2.